The Kier molecular flexibility index (Phi) is 6.25. The van der Waals surface area contributed by atoms with Crippen LogP contribution >= 0.6 is 11.6 Å². The molecule has 0 fully saturated rings. The van der Waals surface area contributed by atoms with Crippen molar-refractivity contribution in [2.75, 3.05) is 21.2 Å². The molecule has 4 atom stereocenters. The second-order valence-electron chi connectivity index (χ2n) is 10.3. The maximum Gasteiger partial charge on any atom is 0.255 e. The highest BCUT2D eigenvalue weighted by molar-refractivity contribution is 6.31. The molecular formula is C28H27ClN2O8. The average molecular weight is 555 g/mol. The smallest absolute Gasteiger partial charge is 0.255 e. The molecule has 2 aromatic rings. The van der Waals surface area contributed by atoms with Gasteiger partial charge in [-0.15, -0.1) is 0 Å². The maximum absolute atomic E-state index is 13.9. The number of rotatable bonds is 4. The summed E-state index contributed by atoms with van der Waals surface area (Å²) in [7, 11) is 4.65. The molecule has 0 radical (unpaired) electrons. The van der Waals surface area contributed by atoms with Crippen LogP contribution in [0.3, 0.4) is 0 Å². The van der Waals surface area contributed by atoms with Crippen molar-refractivity contribution in [3.05, 3.63) is 69.1 Å². The van der Waals surface area contributed by atoms with Gasteiger partial charge in [-0.3, -0.25) is 19.3 Å². The summed E-state index contributed by atoms with van der Waals surface area (Å²) in [4.78, 5) is 40.9. The normalized spacial score (nSPS) is 26.4. The average Bonchev–Trinajstić information content (AvgIpc) is 2.86. The Labute approximate surface area is 228 Å². The van der Waals surface area contributed by atoms with Crippen LogP contribution in [-0.4, -0.2) is 75.6 Å². The number of phenols is 1. The number of allylic oxidation sites excluding steroid dienone is 1. The number of phenolic OH excluding ortho intramolecular Hbond substituents is 1. The molecule has 0 spiro atoms. The van der Waals surface area contributed by atoms with E-state index in [2.05, 4.69) is 0 Å². The molecule has 0 bridgehead atoms. The first kappa shape index (κ1) is 26.7. The van der Waals surface area contributed by atoms with Crippen molar-refractivity contribution >= 4 is 29.1 Å². The predicted molar refractivity (Wildman–Crippen MR) is 141 cm³/mol. The number of Topliss-reactive ketones (excluding diaryl/α,β-unsaturated/α-hetero) is 2. The van der Waals surface area contributed by atoms with Gasteiger partial charge in [0.05, 0.1) is 18.7 Å². The molecule has 0 aromatic heterocycles. The van der Waals surface area contributed by atoms with Gasteiger partial charge in [-0.25, -0.2) is 0 Å². The lowest BCUT2D eigenvalue weighted by Gasteiger charge is -2.50. The second kappa shape index (κ2) is 9.11. The number of amides is 1. The quantitative estimate of drug-likeness (QED) is 0.356. The van der Waals surface area contributed by atoms with Gasteiger partial charge >= 0.3 is 0 Å². The van der Waals surface area contributed by atoms with Crippen LogP contribution in [0.25, 0.3) is 11.1 Å². The summed E-state index contributed by atoms with van der Waals surface area (Å²) in [6.07, 6.45) is 0.140. The number of carbonyl (C=O) groups is 3. The van der Waals surface area contributed by atoms with Crippen molar-refractivity contribution in [2.24, 2.45) is 17.6 Å². The van der Waals surface area contributed by atoms with Gasteiger partial charge in [-0.1, -0.05) is 17.7 Å². The van der Waals surface area contributed by atoms with Crippen molar-refractivity contribution in [3.8, 4) is 22.6 Å². The van der Waals surface area contributed by atoms with Crippen molar-refractivity contribution < 1.29 is 39.5 Å². The fourth-order valence-corrected chi connectivity index (χ4v) is 6.57. The summed E-state index contributed by atoms with van der Waals surface area (Å²) in [5.41, 5.74) is 3.17. The lowest BCUT2D eigenvalue weighted by Crippen LogP contribution is -2.63. The molecular weight excluding hydrogens is 528 g/mol. The van der Waals surface area contributed by atoms with Crippen LogP contribution in [0.4, 0.5) is 0 Å². The van der Waals surface area contributed by atoms with Crippen LogP contribution in [0.1, 0.15) is 22.3 Å². The van der Waals surface area contributed by atoms with Gasteiger partial charge in [0.25, 0.3) is 5.91 Å². The molecule has 1 amide bonds. The number of aliphatic hydroxyl groups excluding tert-OH is 2. The van der Waals surface area contributed by atoms with Crippen LogP contribution in [0.2, 0.25) is 5.02 Å². The van der Waals surface area contributed by atoms with Gasteiger partial charge in [0.2, 0.25) is 5.78 Å². The van der Waals surface area contributed by atoms with E-state index < -0.39 is 58.0 Å². The molecule has 0 unspecified atom stereocenters. The second-order valence-corrected chi connectivity index (χ2v) is 10.7. The number of aliphatic hydroxyl groups is 3. The molecule has 2 aromatic carbocycles. The third-order valence-corrected chi connectivity index (χ3v) is 8.29. The number of halogens is 1. The standard InChI is InChI=1S/C28H27ClN2O8/c1-31(2)22-16-9-11-8-15-13(14-10-12(29)4-7-18(14)39-3)5-6-17(32)20(15)23(33)19(11)25(35)28(16,38)26(36)21(24(22)34)27(30)37/h4-7,10-11,16,22,32,34-35,38H,8-9H2,1-3H3,(H2,30,37)/t11-,16+,22+,28+/m0/s1. The van der Waals surface area contributed by atoms with Crippen LogP contribution in [0.15, 0.2) is 53.0 Å². The van der Waals surface area contributed by atoms with Gasteiger partial charge in [0.15, 0.2) is 11.4 Å². The summed E-state index contributed by atoms with van der Waals surface area (Å²) in [5.74, 6) is -6.49. The lowest BCUT2D eigenvalue weighted by molar-refractivity contribution is -0.148. The predicted octanol–water partition coefficient (Wildman–Crippen LogP) is 2.45. The molecule has 3 aliphatic carbocycles. The number of hydrogen-bond donors (Lipinski definition) is 5. The Hall–Kier alpha value is -3.86. The fourth-order valence-electron chi connectivity index (χ4n) is 6.39. The minimum atomic E-state index is -2.69. The molecule has 6 N–H and O–H groups in total. The maximum atomic E-state index is 13.9. The van der Waals surface area contributed by atoms with E-state index in [0.29, 0.717) is 27.5 Å². The molecule has 39 heavy (non-hydrogen) atoms. The number of nitrogens with two attached hydrogens (primary N) is 1. The lowest BCUT2D eigenvalue weighted by atomic mass is 9.58. The van der Waals surface area contributed by atoms with Crippen LogP contribution in [0.5, 0.6) is 11.5 Å². The van der Waals surface area contributed by atoms with Crippen LogP contribution < -0.4 is 10.5 Å². The van der Waals surface area contributed by atoms with E-state index in [1.165, 1.54) is 18.1 Å². The zero-order chi connectivity index (χ0) is 28.5. The van der Waals surface area contributed by atoms with Gasteiger partial charge < -0.3 is 30.9 Å². The van der Waals surface area contributed by atoms with Crippen LogP contribution in [0, 0.1) is 11.8 Å². The summed E-state index contributed by atoms with van der Waals surface area (Å²) in [6.45, 7) is 0. The number of aromatic hydroxyl groups is 1. The van der Waals surface area contributed by atoms with Gasteiger partial charge in [-0.2, -0.15) is 0 Å². The number of primary amides is 1. The van der Waals surface area contributed by atoms with Crippen molar-refractivity contribution in [1.29, 1.82) is 0 Å². The molecule has 10 nitrogen and oxygen atoms in total. The highest BCUT2D eigenvalue weighted by Gasteiger charge is 2.63. The molecule has 0 aliphatic heterocycles. The highest BCUT2D eigenvalue weighted by Crippen LogP contribution is 2.53. The van der Waals surface area contributed by atoms with Crippen LogP contribution in [-0.2, 0) is 16.0 Å². The largest absolute Gasteiger partial charge is 0.510 e. The molecule has 0 saturated heterocycles. The van der Waals surface area contributed by atoms with E-state index in [1.807, 2.05) is 0 Å². The Morgan fingerprint density at radius 2 is 1.82 bits per heavy atom. The number of nitrogens with zero attached hydrogens (tertiary/aromatic N) is 1. The van der Waals surface area contributed by atoms with Gasteiger partial charge in [-0.05, 0) is 68.2 Å². The van der Waals surface area contributed by atoms with Crippen molar-refractivity contribution in [1.82, 2.24) is 4.90 Å². The number of benzene rings is 2. The summed E-state index contributed by atoms with van der Waals surface area (Å²) < 4.78 is 5.50. The number of ketones is 2. The third kappa shape index (κ3) is 3.66. The number of fused-ring (bicyclic) bond motifs is 3. The van der Waals surface area contributed by atoms with Crippen molar-refractivity contribution in [3.63, 3.8) is 0 Å². The highest BCUT2D eigenvalue weighted by atomic mass is 35.5. The Balaban J connectivity index is 1.74. The topological polar surface area (TPSA) is 171 Å². The van der Waals surface area contributed by atoms with E-state index in [0.717, 1.165) is 0 Å². The third-order valence-electron chi connectivity index (χ3n) is 8.06. The van der Waals surface area contributed by atoms with Gasteiger partial charge in [0.1, 0.15) is 28.6 Å². The zero-order valence-electron chi connectivity index (χ0n) is 21.4. The first-order valence-corrected chi connectivity index (χ1v) is 12.6. The SMILES string of the molecule is COc1ccc(Cl)cc1-c1ccc(O)c2c1C[C@H]1C[C@@H]3[C@@H](N(C)C)C(O)=C(C(N)=O)C(=O)[C@]3(O)C(O)=C1C2=O. The molecule has 204 valence electrons. The monoisotopic (exact) mass is 554 g/mol. The zero-order valence-corrected chi connectivity index (χ0v) is 22.1. The van der Waals surface area contributed by atoms with Crippen molar-refractivity contribution in [2.45, 2.75) is 24.5 Å². The van der Waals surface area contributed by atoms with E-state index in [9.17, 15) is 34.8 Å². The molecule has 11 heteroatoms. The van der Waals surface area contributed by atoms with E-state index in [4.69, 9.17) is 22.1 Å². The summed E-state index contributed by atoms with van der Waals surface area (Å²) in [6, 6.07) is 6.93. The summed E-state index contributed by atoms with van der Waals surface area (Å²) in [5, 5.41) is 45.2. The number of carbonyl (C=O) groups excluding carboxylic acids is 3. The number of ether oxygens (including phenoxy) is 1. The van der Waals surface area contributed by atoms with Gasteiger partial charge in [0, 0.05) is 22.1 Å². The fraction of sp³-hybridized carbons (Fsp3) is 0.321. The van der Waals surface area contributed by atoms with E-state index in [-0.39, 0.29) is 29.7 Å². The Morgan fingerprint density at radius 3 is 2.44 bits per heavy atom. The first-order chi connectivity index (χ1) is 18.3. The number of methoxy groups -OCH3 is 1. The minimum Gasteiger partial charge on any atom is -0.510 e. The number of likely N-dealkylation sites (N-methyl/N-ethyl adjacent to an activating group) is 1. The van der Waals surface area contributed by atoms with E-state index in [1.54, 1.807) is 38.4 Å². The molecule has 5 rings (SSSR count). The minimum absolute atomic E-state index is 0.00641. The molecule has 0 saturated carbocycles. The van der Waals surface area contributed by atoms with E-state index >= 15 is 0 Å². The number of hydrogen-bond acceptors (Lipinski definition) is 9. The summed E-state index contributed by atoms with van der Waals surface area (Å²) >= 11 is 6.26. The molecule has 3 aliphatic rings. The Bertz CT molecular complexity index is 1530. The first-order valence-electron chi connectivity index (χ1n) is 12.2. The Morgan fingerprint density at radius 1 is 1.13 bits per heavy atom. The molecule has 0 heterocycles.